The summed E-state index contributed by atoms with van der Waals surface area (Å²) in [5.74, 6) is 0. The predicted molar refractivity (Wildman–Crippen MR) is 84.2 cm³/mol. The summed E-state index contributed by atoms with van der Waals surface area (Å²) in [6.07, 6.45) is 2.10. The first kappa shape index (κ1) is 15.4. The Labute approximate surface area is 134 Å². The molecule has 2 aliphatic rings. The Morgan fingerprint density at radius 1 is 1.05 bits per heavy atom. The SMILES string of the molecule is Brc1ccc(C2CN(CCC3OCCCO3)CCO2)cc1. The molecule has 0 aromatic heterocycles. The molecule has 0 spiro atoms. The zero-order valence-electron chi connectivity index (χ0n) is 12.2. The van der Waals surface area contributed by atoms with Gasteiger partial charge in [-0.1, -0.05) is 28.1 Å². The molecule has 2 saturated heterocycles. The van der Waals surface area contributed by atoms with Crippen LogP contribution in [0.15, 0.2) is 28.7 Å². The summed E-state index contributed by atoms with van der Waals surface area (Å²) in [6.45, 7) is 5.37. The van der Waals surface area contributed by atoms with Crippen LogP contribution >= 0.6 is 15.9 Å². The van der Waals surface area contributed by atoms with Gasteiger partial charge >= 0.3 is 0 Å². The van der Waals surface area contributed by atoms with E-state index in [2.05, 4.69) is 45.1 Å². The van der Waals surface area contributed by atoms with Crippen molar-refractivity contribution < 1.29 is 14.2 Å². The van der Waals surface area contributed by atoms with E-state index in [9.17, 15) is 0 Å². The fraction of sp³-hybridized carbons (Fsp3) is 0.625. The first-order chi connectivity index (χ1) is 10.3. The highest BCUT2D eigenvalue weighted by molar-refractivity contribution is 9.10. The molecule has 4 nitrogen and oxygen atoms in total. The van der Waals surface area contributed by atoms with Gasteiger partial charge in [-0.2, -0.15) is 0 Å². The molecule has 1 aromatic rings. The van der Waals surface area contributed by atoms with Crippen molar-refractivity contribution in [3.05, 3.63) is 34.3 Å². The molecular formula is C16H22BrNO3. The lowest BCUT2D eigenvalue weighted by Gasteiger charge is -2.34. The first-order valence-corrected chi connectivity index (χ1v) is 8.43. The van der Waals surface area contributed by atoms with Crippen molar-refractivity contribution in [2.45, 2.75) is 25.2 Å². The van der Waals surface area contributed by atoms with Gasteiger partial charge in [0.1, 0.15) is 0 Å². The monoisotopic (exact) mass is 355 g/mol. The molecule has 1 atom stereocenters. The Hall–Kier alpha value is -0.460. The topological polar surface area (TPSA) is 30.9 Å². The van der Waals surface area contributed by atoms with E-state index in [1.807, 2.05) is 0 Å². The van der Waals surface area contributed by atoms with Gasteiger partial charge in [-0.25, -0.2) is 0 Å². The average Bonchev–Trinajstić information content (AvgIpc) is 2.55. The molecule has 0 bridgehead atoms. The summed E-state index contributed by atoms with van der Waals surface area (Å²) in [6, 6.07) is 8.40. The molecule has 1 unspecified atom stereocenters. The molecular weight excluding hydrogens is 334 g/mol. The summed E-state index contributed by atoms with van der Waals surface area (Å²) < 4.78 is 18.2. The molecule has 3 rings (SSSR count). The molecule has 21 heavy (non-hydrogen) atoms. The Morgan fingerprint density at radius 3 is 2.57 bits per heavy atom. The zero-order valence-corrected chi connectivity index (χ0v) is 13.8. The van der Waals surface area contributed by atoms with Gasteiger partial charge in [0.15, 0.2) is 6.29 Å². The van der Waals surface area contributed by atoms with Crippen LogP contribution in [0.4, 0.5) is 0 Å². The highest BCUT2D eigenvalue weighted by Crippen LogP contribution is 2.24. The van der Waals surface area contributed by atoms with Crippen LogP contribution in [0.1, 0.15) is 24.5 Å². The number of benzene rings is 1. The van der Waals surface area contributed by atoms with E-state index in [0.717, 1.165) is 56.8 Å². The summed E-state index contributed by atoms with van der Waals surface area (Å²) >= 11 is 3.47. The Kier molecular flexibility index (Phi) is 5.66. The summed E-state index contributed by atoms with van der Waals surface area (Å²) in [5, 5.41) is 0. The van der Waals surface area contributed by atoms with Crippen molar-refractivity contribution in [2.24, 2.45) is 0 Å². The lowest BCUT2D eigenvalue weighted by Crippen LogP contribution is -2.40. The molecule has 116 valence electrons. The van der Waals surface area contributed by atoms with Gasteiger partial charge < -0.3 is 14.2 Å². The summed E-state index contributed by atoms with van der Waals surface area (Å²) in [7, 11) is 0. The highest BCUT2D eigenvalue weighted by Gasteiger charge is 2.23. The molecule has 0 N–H and O–H groups in total. The number of rotatable bonds is 4. The number of hydrogen-bond donors (Lipinski definition) is 0. The van der Waals surface area contributed by atoms with E-state index in [0.29, 0.717) is 0 Å². The third kappa shape index (κ3) is 4.50. The second-order valence-electron chi connectivity index (χ2n) is 5.52. The van der Waals surface area contributed by atoms with Crippen LogP contribution in [0.2, 0.25) is 0 Å². The van der Waals surface area contributed by atoms with Crippen molar-refractivity contribution in [3.8, 4) is 0 Å². The van der Waals surface area contributed by atoms with Gasteiger partial charge in [0.2, 0.25) is 0 Å². The third-order valence-electron chi connectivity index (χ3n) is 3.97. The smallest absolute Gasteiger partial charge is 0.158 e. The molecule has 0 radical (unpaired) electrons. The largest absolute Gasteiger partial charge is 0.371 e. The zero-order chi connectivity index (χ0) is 14.5. The summed E-state index contributed by atoms with van der Waals surface area (Å²) in [5.41, 5.74) is 1.24. The van der Waals surface area contributed by atoms with Crippen molar-refractivity contribution in [1.29, 1.82) is 0 Å². The Morgan fingerprint density at radius 2 is 1.81 bits per heavy atom. The number of ether oxygens (including phenoxy) is 3. The van der Waals surface area contributed by atoms with E-state index in [4.69, 9.17) is 14.2 Å². The molecule has 5 heteroatoms. The highest BCUT2D eigenvalue weighted by atomic mass is 79.9. The number of morpholine rings is 1. The van der Waals surface area contributed by atoms with E-state index in [-0.39, 0.29) is 12.4 Å². The van der Waals surface area contributed by atoms with Gasteiger partial charge in [-0.05, 0) is 24.1 Å². The maximum atomic E-state index is 5.91. The molecule has 0 amide bonds. The fourth-order valence-electron chi connectivity index (χ4n) is 2.78. The van der Waals surface area contributed by atoms with E-state index >= 15 is 0 Å². The molecule has 0 saturated carbocycles. The lowest BCUT2D eigenvalue weighted by molar-refractivity contribution is -0.184. The minimum atomic E-state index is -0.0206. The number of hydrogen-bond acceptors (Lipinski definition) is 4. The third-order valence-corrected chi connectivity index (χ3v) is 4.50. The standard InChI is InChI=1S/C16H22BrNO3/c17-14-4-2-13(3-5-14)15-12-18(8-11-19-15)7-6-16-20-9-1-10-21-16/h2-5,15-16H,1,6-12H2. The van der Waals surface area contributed by atoms with Crippen molar-refractivity contribution >= 4 is 15.9 Å². The summed E-state index contributed by atoms with van der Waals surface area (Å²) in [4.78, 5) is 2.44. The number of halogens is 1. The lowest BCUT2D eigenvalue weighted by atomic mass is 10.1. The van der Waals surface area contributed by atoms with Crippen LogP contribution in [-0.4, -0.2) is 50.6 Å². The second kappa shape index (κ2) is 7.70. The Bertz CT molecular complexity index is 434. The van der Waals surface area contributed by atoms with E-state index in [1.165, 1.54) is 5.56 Å². The van der Waals surface area contributed by atoms with Gasteiger partial charge in [-0.3, -0.25) is 4.90 Å². The first-order valence-electron chi connectivity index (χ1n) is 7.64. The van der Waals surface area contributed by atoms with Crippen LogP contribution in [0, 0.1) is 0 Å². The van der Waals surface area contributed by atoms with Crippen molar-refractivity contribution in [3.63, 3.8) is 0 Å². The molecule has 2 heterocycles. The van der Waals surface area contributed by atoms with Gasteiger partial charge in [0, 0.05) is 30.5 Å². The fourth-order valence-corrected chi connectivity index (χ4v) is 3.04. The van der Waals surface area contributed by atoms with Gasteiger partial charge in [-0.15, -0.1) is 0 Å². The second-order valence-corrected chi connectivity index (χ2v) is 6.44. The van der Waals surface area contributed by atoms with Crippen LogP contribution < -0.4 is 0 Å². The van der Waals surface area contributed by atoms with E-state index < -0.39 is 0 Å². The van der Waals surface area contributed by atoms with Crippen molar-refractivity contribution in [1.82, 2.24) is 4.90 Å². The van der Waals surface area contributed by atoms with E-state index in [1.54, 1.807) is 0 Å². The van der Waals surface area contributed by atoms with Gasteiger partial charge in [0.05, 0.1) is 25.9 Å². The molecule has 2 fully saturated rings. The number of nitrogens with zero attached hydrogens (tertiary/aromatic N) is 1. The van der Waals surface area contributed by atoms with Crippen LogP contribution in [0.5, 0.6) is 0 Å². The van der Waals surface area contributed by atoms with Crippen LogP contribution in [-0.2, 0) is 14.2 Å². The maximum absolute atomic E-state index is 5.91. The average molecular weight is 356 g/mol. The quantitative estimate of drug-likeness (QED) is 0.830. The maximum Gasteiger partial charge on any atom is 0.158 e. The van der Waals surface area contributed by atoms with Gasteiger partial charge in [0.25, 0.3) is 0 Å². The minimum Gasteiger partial charge on any atom is -0.371 e. The Balaban J connectivity index is 1.49. The minimum absolute atomic E-state index is 0.0206. The van der Waals surface area contributed by atoms with Crippen LogP contribution in [0.25, 0.3) is 0 Å². The molecule has 1 aromatic carbocycles. The molecule has 2 aliphatic heterocycles. The van der Waals surface area contributed by atoms with Crippen LogP contribution in [0.3, 0.4) is 0 Å². The normalized spacial score (nSPS) is 25.1. The predicted octanol–water partition coefficient (Wildman–Crippen LogP) is 2.98. The van der Waals surface area contributed by atoms with Crippen molar-refractivity contribution in [2.75, 3.05) is 39.5 Å². The molecule has 0 aliphatic carbocycles.